The Hall–Kier alpha value is -3.32. The molecule has 3 heterocycles. The minimum atomic E-state index is -0.445. The van der Waals surface area contributed by atoms with Crippen molar-refractivity contribution >= 4 is 44.0 Å². The second-order valence-electron chi connectivity index (χ2n) is 6.26. The van der Waals surface area contributed by atoms with Gasteiger partial charge in [-0.1, -0.05) is 11.6 Å². The molecule has 0 radical (unpaired) electrons. The fourth-order valence-electron chi connectivity index (χ4n) is 3.09. The summed E-state index contributed by atoms with van der Waals surface area (Å²) >= 11 is 1.27. The van der Waals surface area contributed by atoms with E-state index in [0.29, 0.717) is 33.0 Å². The van der Waals surface area contributed by atoms with Gasteiger partial charge >= 0.3 is 5.63 Å². The number of fused-ring (bicyclic) bond motifs is 4. The summed E-state index contributed by atoms with van der Waals surface area (Å²) in [5.74, 6) is 0.941. The summed E-state index contributed by atoms with van der Waals surface area (Å²) in [5, 5.41) is 4.07. The van der Waals surface area contributed by atoms with E-state index in [4.69, 9.17) is 13.9 Å². The number of nitrogens with one attached hydrogen (secondary N) is 1. The molecule has 2 aromatic carbocycles. The Balaban J connectivity index is 1.55. The Bertz CT molecular complexity index is 1290. The number of hydrogen-bond donors (Lipinski definition) is 1. The Kier molecular flexibility index (Phi) is 3.45. The Morgan fingerprint density at radius 1 is 1.04 bits per heavy atom. The largest absolute Gasteiger partial charge is 0.454 e. The van der Waals surface area contributed by atoms with Crippen molar-refractivity contribution in [2.45, 2.75) is 6.92 Å². The van der Waals surface area contributed by atoms with Crippen LogP contribution in [0.25, 0.3) is 21.1 Å². The highest BCUT2D eigenvalue weighted by molar-refractivity contribution is 7.21. The van der Waals surface area contributed by atoms with E-state index in [0.717, 1.165) is 15.6 Å². The lowest BCUT2D eigenvalue weighted by atomic mass is 10.1. The van der Waals surface area contributed by atoms with Crippen LogP contribution in [0.2, 0.25) is 0 Å². The van der Waals surface area contributed by atoms with E-state index in [1.54, 1.807) is 30.3 Å². The van der Waals surface area contributed by atoms with E-state index >= 15 is 0 Å². The number of rotatable bonds is 2. The van der Waals surface area contributed by atoms with E-state index in [2.05, 4.69) is 5.32 Å². The third kappa shape index (κ3) is 2.63. The number of carbonyl (C=O) groups is 1. The van der Waals surface area contributed by atoms with Crippen LogP contribution in [-0.4, -0.2) is 12.7 Å². The van der Waals surface area contributed by atoms with Crippen molar-refractivity contribution in [3.63, 3.8) is 0 Å². The summed E-state index contributed by atoms with van der Waals surface area (Å²) in [4.78, 5) is 25.4. The van der Waals surface area contributed by atoms with Gasteiger partial charge in [-0.05, 0) is 37.3 Å². The van der Waals surface area contributed by atoms with Crippen LogP contribution >= 0.6 is 11.3 Å². The van der Waals surface area contributed by atoms with Crippen LogP contribution in [-0.2, 0) is 0 Å². The molecule has 0 saturated carbocycles. The van der Waals surface area contributed by atoms with E-state index < -0.39 is 5.63 Å². The smallest absolute Gasteiger partial charge is 0.345 e. The number of anilines is 1. The quantitative estimate of drug-likeness (QED) is 0.526. The topological polar surface area (TPSA) is 77.8 Å². The van der Waals surface area contributed by atoms with Crippen molar-refractivity contribution < 1.29 is 18.7 Å². The Morgan fingerprint density at radius 3 is 2.78 bits per heavy atom. The number of carbonyl (C=O) groups excluding carboxylic acids is 1. The van der Waals surface area contributed by atoms with Gasteiger partial charge in [-0.15, -0.1) is 11.3 Å². The summed E-state index contributed by atoms with van der Waals surface area (Å²) in [6.07, 6.45) is 0. The van der Waals surface area contributed by atoms with Gasteiger partial charge in [0.25, 0.3) is 5.91 Å². The molecule has 0 spiro atoms. The third-order valence-corrected chi connectivity index (χ3v) is 5.56. The maximum atomic E-state index is 12.7. The van der Waals surface area contributed by atoms with Crippen molar-refractivity contribution in [3.8, 4) is 11.5 Å². The van der Waals surface area contributed by atoms with Crippen molar-refractivity contribution in [2.75, 3.05) is 12.1 Å². The van der Waals surface area contributed by atoms with Gasteiger partial charge in [0.15, 0.2) is 11.5 Å². The maximum Gasteiger partial charge on any atom is 0.345 e. The fraction of sp³-hybridized carbons (Fsp3) is 0.100. The molecule has 6 nitrogen and oxygen atoms in total. The number of aryl methyl sites for hydroxylation is 1. The summed E-state index contributed by atoms with van der Waals surface area (Å²) < 4.78 is 16.7. The van der Waals surface area contributed by atoms with Crippen LogP contribution in [0, 0.1) is 6.92 Å². The molecule has 0 aliphatic carbocycles. The molecule has 1 aliphatic heterocycles. The molecule has 0 bridgehead atoms. The minimum absolute atomic E-state index is 0.172. The highest BCUT2D eigenvalue weighted by Crippen LogP contribution is 2.35. The lowest BCUT2D eigenvalue weighted by Crippen LogP contribution is -2.10. The van der Waals surface area contributed by atoms with Gasteiger partial charge in [-0.25, -0.2) is 4.79 Å². The van der Waals surface area contributed by atoms with E-state index in [-0.39, 0.29) is 12.7 Å². The van der Waals surface area contributed by atoms with E-state index in [1.807, 2.05) is 19.1 Å². The molecule has 1 N–H and O–H groups in total. The second-order valence-corrected chi connectivity index (χ2v) is 7.32. The summed E-state index contributed by atoms with van der Waals surface area (Å²) in [7, 11) is 0. The number of ether oxygens (including phenoxy) is 2. The normalized spacial score (nSPS) is 12.6. The molecule has 27 heavy (non-hydrogen) atoms. The van der Waals surface area contributed by atoms with Crippen LogP contribution in [0.3, 0.4) is 0 Å². The molecule has 1 amide bonds. The SMILES string of the molecule is Cc1ccc2oc(=O)c3cc(C(=O)Nc4ccc5c(c4)OCO5)sc3c2c1. The monoisotopic (exact) mass is 379 g/mol. The molecule has 1 aliphatic rings. The van der Waals surface area contributed by atoms with Gasteiger partial charge in [0.05, 0.1) is 15.0 Å². The summed E-state index contributed by atoms with van der Waals surface area (Å²) in [6.45, 7) is 2.14. The lowest BCUT2D eigenvalue weighted by molar-refractivity contribution is 0.103. The van der Waals surface area contributed by atoms with Crippen LogP contribution in [0.15, 0.2) is 51.7 Å². The maximum absolute atomic E-state index is 12.7. The minimum Gasteiger partial charge on any atom is -0.454 e. The standard InChI is InChI=1S/C20H13NO5S/c1-10-2-4-14-12(6-10)18-13(20(23)26-14)8-17(27-18)19(22)21-11-3-5-15-16(7-11)25-9-24-15/h2-8H,9H2,1H3,(H,21,22). The van der Waals surface area contributed by atoms with E-state index in [1.165, 1.54) is 11.3 Å². The van der Waals surface area contributed by atoms with Gasteiger partial charge in [0.2, 0.25) is 6.79 Å². The molecule has 0 saturated heterocycles. The van der Waals surface area contributed by atoms with Gasteiger partial charge < -0.3 is 19.2 Å². The molecule has 0 unspecified atom stereocenters. The zero-order valence-electron chi connectivity index (χ0n) is 14.2. The first-order valence-corrected chi connectivity index (χ1v) is 9.08. The fourth-order valence-corrected chi connectivity index (χ4v) is 4.15. The molecular weight excluding hydrogens is 366 g/mol. The molecule has 5 rings (SSSR count). The first-order valence-electron chi connectivity index (χ1n) is 8.26. The van der Waals surface area contributed by atoms with Crippen molar-refractivity contribution in [2.24, 2.45) is 0 Å². The molecular formula is C20H13NO5S. The zero-order valence-corrected chi connectivity index (χ0v) is 15.0. The third-order valence-electron chi connectivity index (χ3n) is 4.39. The number of hydrogen-bond acceptors (Lipinski definition) is 6. The Labute approximate surface area is 156 Å². The number of thiophene rings is 1. The molecule has 134 valence electrons. The van der Waals surface area contributed by atoms with Gasteiger partial charge in [-0.2, -0.15) is 0 Å². The Morgan fingerprint density at radius 2 is 1.89 bits per heavy atom. The molecule has 7 heteroatoms. The molecule has 4 aromatic rings. The highest BCUT2D eigenvalue weighted by atomic mass is 32.1. The highest BCUT2D eigenvalue weighted by Gasteiger charge is 2.18. The average Bonchev–Trinajstić information content (AvgIpc) is 3.29. The van der Waals surface area contributed by atoms with Gasteiger partial charge in [0, 0.05) is 17.1 Å². The summed E-state index contributed by atoms with van der Waals surface area (Å²) in [6, 6.07) is 12.4. The molecule has 2 aromatic heterocycles. The lowest BCUT2D eigenvalue weighted by Gasteiger charge is -2.04. The van der Waals surface area contributed by atoms with Crippen LogP contribution in [0.4, 0.5) is 5.69 Å². The average molecular weight is 379 g/mol. The van der Waals surface area contributed by atoms with Crippen LogP contribution in [0.5, 0.6) is 11.5 Å². The number of benzene rings is 2. The predicted octanol–water partition coefficient (Wildman–Crippen LogP) is 4.30. The summed E-state index contributed by atoms with van der Waals surface area (Å²) in [5.41, 5.74) is 1.72. The van der Waals surface area contributed by atoms with Crippen molar-refractivity contribution in [1.82, 2.24) is 0 Å². The van der Waals surface area contributed by atoms with Gasteiger partial charge in [-0.3, -0.25) is 4.79 Å². The number of amides is 1. The zero-order chi connectivity index (χ0) is 18.5. The second kappa shape index (κ2) is 5.85. The van der Waals surface area contributed by atoms with E-state index in [9.17, 15) is 9.59 Å². The van der Waals surface area contributed by atoms with Crippen molar-refractivity contribution in [3.05, 3.63) is 63.3 Å². The van der Waals surface area contributed by atoms with Gasteiger partial charge in [0.1, 0.15) is 5.58 Å². The van der Waals surface area contributed by atoms with Crippen LogP contribution < -0.4 is 20.4 Å². The first kappa shape index (κ1) is 15.9. The predicted molar refractivity (Wildman–Crippen MR) is 103 cm³/mol. The first-order chi connectivity index (χ1) is 13.1. The van der Waals surface area contributed by atoms with Crippen LogP contribution in [0.1, 0.15) is 15.2 Å². The molecule has 0 fully saturated rings. The van der Waals surface area contributed by atoms with Crippen molar-refractivity contribution in [1.29, 1.82) is 0 Å². The molecule has 0 atom stereocenters.